The van der Waals surface area contributed by atoms with E-state index in [0.717, 1.165) is 0 Å². The molecule has 0 unspecified atom stereocenters. The lowest BCUT2D eigenvalue weighted by atomic mass is 10.2. The van der Waals surface area contributed by atoms with Gasteiger partial charge in [-0.3, -0.25) is 0 Å². The molecular weight excluding hydrogens is 613 g/mol. The standard InChI is InChI=1S/C38H26N2S4/c1-19-5-11-23(12-6-19)39-27-17-21(3)9-15-25(27)32-30(39)35-37(42-32)38-36(43-35)31-34(44-38)33-29(26-16-10-22(4)18-28(26)41-33)40(31)24-13-7-20(2)8-14-24/h5-18H,1-4H3. The van der Waals surface area contributed by atoms with Crippen LogP contribution in [0.1, 0.15) is 22.3 Å². The second kappa shape index (κ2) is 8.83. The van der Waals surface area contributed by atoms with Crippen LogP contribution >= 0.6 is 45.3 Å². The molecule has 6 heterocycles. The van der Waals surface area contributed by atoms with Crippen molar-refractivity contribution in [3.05, 3.63) is 107 Å². The van der Waals surface area contributed by atoms with Gasteiger partial charge in [0, 0.05) is 26.8 Å². The summed E-state index contributed by atoms with van der Waals surface area (Å²) in [5.41, 5.74) is 13.0. The molecular formula is C38H26N2S4. The van der Waals surface area contributed by atoms with Crippen LogP contribution in [-0.4, -0.2) is 9.13 Å². The molecule has 6 heteroatoms. The molecule has 0 fully saturated rings. The van der Waals surface area contributed by atoms with Gasteiger partial charge in [-0.2, -0.15) is 0 Å². The maximum absolute atomic E-state index is 2.56. The van der Waals surface area contributed by atoms with E-state index < -0.39 is 0 Å². The summed E-state index contributed by atoms with van der Waals surface area (Å²) >= 11 is 7.92. The van der Waals surface area contributed by atoms with Gasteiger partial charge in [-0.1, -0.05) is 59.7 Å². The van der Waals surface area contributed by atoms with Crippen LogP contribution < -0.4 is 0 Å². The van der Waals surface area contributed by atoms with Crippen molar-refractivity contribution in [1.82, 2.24) is 9.13 Å². The summed E-state index contributed by atoms with van der Waals surface area (Å²) in [4.78, 5) is 0. The van der Waals surface area contributed by atoms with Crippen molar-refractivity contribution in [3.63, 3.8) is 0 Å². The van der Waals surface area contributed by atoms with Gasteiger partial charge in [-0.05, 0) is 75.2 Å². The average Bonchev–Trinajstić information content (AvgIpc) is 3.82. The predicted octanol–water partition coefficient (Wildman–Crippen LogP) is 12.8. The molecule has 10 rings (SSSR count). The van der Waals surface area contributed by atoms with Crippen molar-refractivity contribution in [2.75, 3.05) is 0 Å². The smallest absolute Gasteiger partial charge is 0.0838 e. The minimum atomic E-state index is 1.23. The first-order chi connectivity index (χ1) is 21.4. The van der Waals surface area contributed by atoms with Gasteiger partial charge < -0.3 is 9.13 Å². The van der Waals surface area contributed by atoms with Crippen LogP contribution in [-0.2, 0) is 0 Å². The summed E-state index contributed by atoms with van der Waals surface area (Å²) in [6, 6.07) is 32.0. The monoisotopic (exact) mass is 638 g/mol. The van der Waals surface area contributed by atoms with Crippen LogP contribution in [0.2, 0.25) is 0 Å². The van der Waals surface area contributed by atoms with Crippen molar-refractivity contribution in [2.24, 2.45) is 0 Å². The Bertz CT molecular complexity index is 2790. The molecule has 44 heavy (non-hydrogen) atoms. The van der Waals surface area contributed by atoms with Gasteiger partial charge in [-0.15, -0.1) is 45.3 Å². The molecule has 0 aliphatic carbocycles. The predicted molar refractivity (Wildman–Crippen MR) is 198 cm³/mol. The number of hydrogen-bond donors (Lipinski definition) is 0. The van der Waals surface area contributed by atoms with Gasteiger partial charge in [0.1, 0.15) is 0 Å². The zero-order chi connectivity index (χ0) is 29.4. The molecule has 0 N–H and O–H groups in total. The molecule has 212 valence electrons. The minimum absolute atomic E-state index is 1.23. The Morgan fingerprint density at radius 3 is 1.55 bits per heavy atom. The van der Waals surface area contributed by atoms with E-state index in [2.05, 4.69) is 122 Å². The van der Waals surface area contributed by atoms with Crippen LogP contribution in [0.4, 0.5) is 0 Å². The van der Waals surface area contributed by atoms with Crippen LogP contribution in [0.5, 0.6) is 0 Å². The Morgan fingerprint density at radius 1 is 0.386 bits per heavy atom. The molecule has 0 radical (unpaired) electrons. The van der Waals surface area contributed by atoms with E-state index in [1.54, 1.807) is 0 Å². The normalized spacial score (nSPS) is 12.5. The molecule has 0 atom stereocenters. The van der Waals surface area contributed by atoms with Gasteiger partial charge in [0.2, 0.25) is 0 Å². The van der Waals surface area contributed by atoms with E-state index in [9.17, 15) is 0 Å². The SMILES string of the molecule is Cc1ccc(-n2c3cc(C)ccc3c3sc4c5sc6c7sc8cc(C)ccc8c7n(-c7ccc(C)cc7)c6c5sc4c32)cc1. The highest BCUT2D eigenvalue weighted by atomic mass is 32.1. The molecule has 0 amide bonds. The number of aryl methyl sites for hydroxylation is 4. The van der Waals surface area contributed by atoms with Gasteiger partial charge in [0.25, 0.3) is 0 Å². The lowest BCUT2D eigenvalue weighted by Crippen LogP contribution is -1.93. The summed E-state index contributed by atoms with van der Waals surface area (Å²) < 4.78 is 16.4. The number of hydrogen-bond acceptors (Lipinski definition) is 4. The largest absolute Gasteiger partial charge is 0.307 e. The zero-order valence-corrected chi connectivity index (χ0v) is 27.9. The fourth-order valence-corrected chi connectivity index (χ4v) is 12.8. The van der Waals surface area contributed by atoms with E-state index in [1.165, 1.54) is 104 Å². The number of nitrogens with zero attached hydrogens (tertiary/aromatic N) is 2. The maximum Gasteiger partial charge on any atom is 0.0838 e. The second-order valence-corrected chi connectivity index (χ2v) is 16.2. The van der Waals surface area contributed by atoms with Gasteiger partial charge in [-0.25, -0.2) is 0 Å². The van der Waals surface area contributed by atoms with Crippen molar-refractivity contribution >= 4 is 116 Å². The highest BCUT2D eigenvalue weighted by molar-refractivity contribution is 7.44. The molecule has 0 bridgehead atoms. The van der Waals surface area contributed by atoms with Crippen LogP contribution in [0.3, 0.4) is 0 Å². The third-order valence-electron chi connectivity index (χ3n) is 9.01. The number of aromatic nitrogens is 2. The Hall–Kier alpha value is -3.94. The first kappa shape index (κ1) is 25.4. The Morgan fingerprint density at radius 2 is 0.864 bits per heavy atom. The van der Waals surface area contributed by atoms with Crippen LogP contribution in [0.15, 0.2) is 84.9 Å². The Labute approximate surface area is 269 Å². The molecule has 2 nitrogen and oxygen atoms in total. The molecule has 0 aliphatic heterocycles. The second-order valence-electron chi connectivity index (χ2n) is 12.1. The molecule has 4 aromatic carbocycles. The van der Waals surface area contributed by atoms with Gasteiger partial charge >= 0.3 is 0 Å². The number of thiophene rings is 4. The molecule has 0 saturated heterocycles. The average molecular weight is 639 g/mol. The van der Waals surface area contributed by atoms with E-state index in [0.29, 0.717) is 0 Å². The first-order valence-electron chi connectivity index (χ1n) is 14.8. The summed E-state index contributed by atoms with van der Waals surface area (Å²) in [6.07, 6.45) is 0. The lowest BCUT2D eigenvalue weighted by Gasteiger charge is -2.08. The molecule has 0 spiro atoms. The third-order valence-corrected chi connectivity index (χ3v) is 14.3. The number of rotatable bonds is 2. The minimum Gasteiger partial charge on any atom is -0.307 e. The topological polar surface area (TPSA) is 9.86 Å². The maximum atomic E-state index is 2.56. The fourth-order valence-electron chi connectivity index (χ4n) is 6.88. The quantitative estimate of drug-likeness (QED) is 0.178. The highest BCUT2D eigenvalue weighted by Crippen LogP contribution is 2.56. The van der Waals surface area contributed by atoms with E-state index in [1.807, 2.05) is 45.3 Å². The van der Waals surface area contributed by atoms with Crippen molar-refractivity contribution in [3.8, 4) is 11.4 Å². The van der Waals surface area contributed by atoms with E-state index in [-0.39, 0.29) is 0 Å². The number of benzene rings is 4. The third kappa shape index (κ3) is 3.29. The van der Waals surface area contributed by atoms with Crippen LogP contribution in [0, 0.1) is 27.7 Å². The summed E-state index contributed by atoms with van der Waals surface area (Å²) in [5.74, 6) is 0. The number of fused-ring (bicyclic) bond motifs is 13. The van der Waals surface area contributed by atoms with Crippen molar-refractivity contribution in [1.29, 1.82) is 0 Å². The molecule has 0 saturated carbocycles. The van der Waals surface area contributed by atoms with E-state index in [4.69, 9.17) is 0 Å². The van der Waals surface area contributed by atoms with Gasteiger partial charge in [0.05, 0.1) is 55.0 Å². The first-order valence-corrected chi connectivity index (χ1v) is 18.1. The van der Waals surface area contributed by atoms with Crippen LogP contribution in [0.25, 0.3) is 81.8 Å². The lowest BCUT2D eigenvalue weighted by molar-refractivity contribution is 1.18. The highest BCUT2D eigenvalue weighted by Gasteiger charge is 2.27. The molecule has 0 aliphatic rings. The van der Waals surface area contributed by atoms with Crippen molar-refractivity contribution in [2.45, 2.75) is 27.7 Å². The summed E-state index contributed by atoms with van der Waals surface area (Å²) in [5, 5.41) is 2.70. The Balaban J connectivity index is 1.37. The summed E-state index contributed by atoms with van der Waals surface area (Å²) in [6.45, 7) is 8.73. The fraction of sp³-hybridized carbons (Fsp3) is 0.105. The molecule has 10 aromatic rings. The Kier molecular flexibility index (Phi) is 5.09. The van der Waals surface area contributed by atoms with Gasteiger partial charge in [0.15, 0.2) is 0 Å². The zero-order valence-electron chi connectivity index (χ0n) is 24.6. The molecule has 6 aromatic heterocycles. The van der Waals surface area contributed by atoms with E-state index >= 15 is 0 Å². The summed E-state index contributed by atoms with van der Waals surface area (Å²) in [7, 11) is 0. The van der Waals surface area contributed by atoms with Crippen molar-refractivity contribution < 1.29 is 0 Å².